The molecule has 25 heavy (non-hydrogen) atoms. The predicted octanol–water partition coefficient (Wildman–Crippen LogP) is 2.45. The second-order valence-corrected chi connectivity index (χ2v) is 5.97. The molecule has 3 rings (SSSR count). The number of allylic oxidation sites excluding steroid dienone is 1. The van der Waals surface area contributed by atoms with E-state index in [1.54, 1.807) is 26.2 Å². The number of hydrogen-bond acceptors (Lipinski definition) is 6. The molecule has 130 valence electrons. The van der Waals surface area contributed by atoms with Crippen molar-refractivity contribution >= 4 is 24.0 Å². The lowest BCUT2D eigenvalue weighted by Crippen LogP contribution is -2.30. The van der Waals surface area contributed by atoms with E-state index in [4.69, 9.17) is 21.7 Å². The Morgan fingerprint density at radius 2 is 1.84 bits per heavy atom. The van der Waals surface area contributed by atoms with E-state index >= 15 is 0 Å². The zero-order valence-electron chi connectivity index (χ0n) is 13.9. The minimum absolute atomic E-state index is 0.207. The summed E-state index contributed by atoms with van der Waals surface area (Å²) in [6, 6.07) is 7.19. The summed E-state index contributed by atoms with van der Waals surface area (Å²) >= 11 is 5.04. The van der Waals surface area contributed by atoms with E-state index in [2.05, 4.69) is 15.3 Å². The molecule has 0 saturated heterocycles. The number of fused-ring (bicyclic) bond motifs is 1. The van der Waals surface area contributed by atoms with Gasteiger partial charge in [0.25, 0.3) is 5.56 Å². The average Bonchev–Trinajstić information content (AvgIpc) is 2.59. The maximum atomic E-state index is 12.6. The molecular weight excluding hydrogens is 342 g/mol. The van der Waals surface area contributed by atoms with E-state index in [-0.39, 0.29) is 10.3 Å². The molecule has 0 amide bonds. The second kappa shape index (κ2) is 6.56. The van der Waals surface area contributed by atoms with Gasteiger partial charge in [-0.15, -0.1) is 0 Å². The molecule has 1 aromatic heterocycles. The lowest BCUT2D eigenvalue weighted by Gasteiger charge is -2.28. The number of ether oxygens (including phenoxy) is 2. The topological polar surface area (TPSA) is 96.2 Å². The summed E-state index contributed by atoms with van der Waals surface area (Å²) in [5, 5.41) is 3.04. The van der Waals surface area contributed by atoms with Gasteiger partial charge >= 0.3 is 5.97 Å². The molecule has 0 fully saturated rings. The third-order valence-corrected chi connectivity index (χ3v) is 4.33. The molecule has 2 aromatic rings. The molecule has 8 heteroatoms. The van der Waals surface area contributed by atoms with Gasteiger partial charge in [0.2, 0.25) is 0 Å². The highest BCUT2D eigenvalue weighted by Gasteiger charge is 2.35. The highest BCUT2D eigenvalue weighted by atomic mass is 32.1. The van der Waals surface area contributed by atoms with Gasteiger partial charge < -0.3 is 19.8 Å². The van der Waals surface area contributed by atoms with Crippen molar-refractivity contribution in [2.45, 2.75) is 12.8 Å². The molecule has 0 unspecified atom stereocenters. The predicted molar refractivity (Wildman–Crippen MR) is 95.4 cm³/mol. The van der Waals surface area contributed by atoms with Gasteiger partial charge in [0.05, 0.1) is 31.3 Å². The first-order valence-corrected chi connectivity index (χ1v) is 7.93. The van der Waals surface area contributed by atoms with Crippen molar-refractivity contribution in [2.24, 2.45) is 0 Å². The molecule has 7 nitrogen and oxygen atoms in total. The Morgan fingerprint density at radius 1 is 1.16 bits per heavy atom. The van der Waals surface area contributed by atoms with Crippen molar-refractivity contribution in [2.75, 3.05) is 19.5 Å². The van der Waals surface area contributed by atoms with Crippen LogP contribution in [0.5, 0.6) is 5.75 Å². The Kier molecular flexibility index (Phi) is 4.45. The zero-order valence-corrected chi connectivity index (χ0v) is 14.7. The van der Waals surface area contributed by atoms with Gasteiger partial charge in [0.1, 0.15) is 11.6 Å². The molecule has 1 aliphatic rings. The van der Waals surface area contributed by atoms with Gasteiger partial charge in [-0.25, -0.2) is 4.79 Å². The maximum Gasteiger partial charge on any atom is 0.336 e. The fourth-order valence-electron chi connectivity index (χ4n) is 3.00. The Labute approximate surface area is 148 Å². The third kappa shape index (κ3) is 2.96. The number of H-pyrrole nitrogens is 2. The van der Waals surface area contributed by atoms with Crippen molar-refractivity contribution in [1.82, 2.24) is 9.97 Å². The van der Waals surface area contributed by atoms with Crippen LogP contribution >= 0.6 is 12.2 Å². The molecule has 2 heterocycles. The second-order valence-electron chi connectivity index (χ2n) is 5.56. The summed E-state index contributed by atoms with van der Waals surface area (Å²) in [5.74, 6) is 0.0582. The molecule has 1 aliphatic heterocycles. The Bertz CT molecular complexity index is 973. The Balaban J connectivity index is 2.28. The van der Waals surface area contributed by atoms with Crippen LogP contribution in [0, 0.1) is 4.77 Å². The number of esters is 1. The van der Waals surface area contributed by atoms with Crippen LogP contribution < -0.4 is 15.6 Å². The number of benzene rings is 1. The molecule has 0 bridgehead atoms. The lowest BCUT2D eigenvalue weighted by molar-refractivity contribution is -0.136. The number of nitrogens with one attached hydrogen (secondary N) is 3. The first-order valence-electron chi connectivity index (χ1n) is 7.52. The first kappa shape index (κ1) is 17.0. The minimum atomic E-state index is -0.592. The molecule has 0 radical (unpaired) electrons. The largest absolute Gasteiger partial charge is 0.497 e. The lowest BCUT2D eigenvalue weighted by atomic mass is 9.82. The van der Waals surface area contributed by atoms with Gasteiger partial charge in [-0.2, -0.15) is 0 Å². The minimum Gasteiger partial charge on any atom is -0.497 e. The van der Waals surface area contributed by atoms with Gasteiger partial charge in [-0.1, -0.05) is 12.1 Å². The number of methoxy groups -OCH3 is 2. The van der Waals surface area contributed by atoms with Gasteiger partial charge in [-0.05, 0) is 36.8 Å². The van der Waals surface area contributed by atoms with Crippen LogP contribution in [-0.2, 0) is 9.53 Å². The van der Waals surface area contributed by atoms with Crippen molar-refractivity contribution < 1.29 is 14.3 Å². The monoisotopic (exact) mass is 359 g/mol. The van der Waals surface area contributed by atoms with E-state index in [9.17, 15) is 9.59 Å². The first-order chi connectivity index (χ1) is 12.0. The van der Waals surface area contributed by atoms with Crippen LogP contribution in [0.2, 0.25) is 0 Å². The van der Waals surface area contributed by atoms with E-state index in [0.29, 0.717) is 28.4 Å². The quantitative estimate of drug-likeness (QED) is 0.575. The molecule has 3 N–H and O–H groups in total. The summed E-state index contributed by atoms with van der Waals surface area (Å²) < 4.78 is 10.3. The van der Waals surface area contributed by atoms with E-state index < -0.39 is 11.9 Å². The molecular formula is C17H17N3O4S. The SMILES string of the molecule is COC(=O)C1=C(C)Nc2[nH]c(=S)[nH]c(=O)c2[C@H]1c1ccc(OC)cc1. The number of aromatic amines is 2. The number of carbonyl (C=O) groups excluding carboxylic acids is 1. The average molecular weight is 359 g/mol. The maximum absolute atomic E-state index is 12.6. The van der Waals surface area contributed by atoms with E-state index in [1.807, 2.05) is 12.1 Å². The van der Waals surface area contributed by atoms with Crippen LogP contribution in [0.1, 0.15) is 24.0 Å². The number of carbonyl (C=O) groups is 1. The molecule has 0 spiro atoms. The highest BCUT2D eigenvalue weighted by molar-refractivity contribution is 7.71. The van der Waals surface area contributed by atoms with Gasteiger partial charge in [-0.3, -0.25) is 9.78 Å². The molecule has 1 atom stereocenters. The standard InChI is InChI=1S/C17H17N3O4S/c1-8-11(16(22)24-3)12(9-4-6-10(23-2)7-5-9)13-14(18-8)19-17(25)20-15(13)21/h4-7,12H,1-3H3,(H3,18,19,20,21,25)/t12-/m0/s1. The smallest absolute Gasteiger partial charge is 0.336 e. The number of aromatic nitrogens is 2. The molecule has 0 aliphatic carbocycles. The van der Waals surface area contributed by atoms with E-state index in [1.165, 1.54) is 7.11 Å². The molecule has 0 saturated carbocycles. The van der Waals surface area contributed by atoms with Crippen molar-refractivity contribution in [3.05, 3.63) is 61.8 Å². The normalized spacial score (nSPS) is 16.0. The van der Waals surface area contributed by atoms with Crippen molar-refractivity contribution in [1.29, 1.82) is 0 Å². The number of anilines is 1. The third-order valence-electron chi connectivity index (χ3n) is 4.13. The van der Waals surface area contributed by atoms with Crippen molar-refractivity contribution in [3.8, 4) is 5.75 Å². The Hall–Kier alpha value is -2.87. The summed E-state index contributed by atoms with van der Waals surface area (Å²) in [6.45, 7) is 1.75. The van der Waals surface area contributed by atoms with Gasteiger partial charge in [0, 0.05) is 5.70 Å². The van der Waals surface area contributed by atoms with Crippen LogP contribution in [0.15, 0.2) is 40.3 Å². The highest BCUT2D eigenvalue weighted by Crippen LogP contribution is 2.39. The zero-order chi connectivity index (χ0) is 18.1. The fourth-order valence-corrected chi connectivity index (χ4v) is 3.19. The summed E-state index contributed by atoms with van der Waals surface area (Å²) in [4.78, 5) is 30.5. The van der Waals surface area contributed by atoms with Crippen LogP contribution in [-0.4, -0.2) is 30.2 Å². The van der Waals surface area contributed by atoms with Crippen LogP contribution in [0.25, 0.3) is 0 Å². The van der Waals surface area contributed by atoms with Gasteiger partial charge in [0.15, 0.2) is 4.77 Å². The summed E-state index contributed by atoms with van der Waals surface area (Å²) in [7, 11) is 2.88. The van der Waals surface area contributed by atoms with Crippen molar-refractivity contribution in [3.63, 3.8) is 0 Å². The molecule has 1 aromatic carbocycles. The number of rotatable bonds is 3. The van der Waals surface area contributed by atoms with Crippen LogP contribution in [0.3, 0.4) is 0 Å². The fraction of sp³-hybridized carbons (Fsp3) is 0.235. The summed E-state index contributed by atoms with van der Waals surface area (Å²) in [6.07, 6.45) is 0. The Morgan fingerprint density at radius 3 is 2.44 bits per heavy atom. The summed E-state index contributed by atoms with van der Waals surface area (Å²) in [5.41, 5.74) is 1.75. The van der Waals surface area contributed by atoms with E-state index in [0.717, 1.165) is 5.56 Å². The number of hydrogen-bond donors (Lipinski definition) is 3. The van der Waals surface area contributed by atoms with Crippen LogP contribution in [0.4, 0.5) is 5.82 Å².